The highest BCUT2D eigenvalue weighted by Gasteiger charge is 2.28. The molecule has 22 heavy (non-hydrogen) atoms. The van der Waals surface area contributed by atoms with Crippen LogP contribution in [0.1, 0.15) is 18.1 Å². The van der Waals surface area contributed by atoms with Gasteiger partial charge in [0.05, 0.1) is 11.0 Å². The molecule has 1 aliphatic rings. The zero-order valence-electron chi connectivity index (χ0n) is 12.1. The second-order valence-corrected chi connectivity index (χ2v) is 5.46. The van der Waals surface area contributed by atoms with E-state index in [9.17, 15) is 10.1 Å². The van der Waals surface area contributed by atoms with E-state index in [2.05, 4.69) is 5.32 Å². The predicted octanol–water partition coefficient (Wildman–Crippen LogP) is 3.32. The Morgan fingerprint density at radius 1 is 1.18 bits per heavy atom. The molecule has 0 amide bonds. The first kappa shape index (κ1) is 14.5. The van der Waals surface area contributed by atoms with Crippen molar-refractivity contribution >= 4 is 5.69 Å². The van der Waals surface area contributed by atoms with Crippen LogP contribution in [0.4, 0.5) is 5.69 Å². The summed E-state index contributed by atoms with van der Waals surface area (Å²) in [4.78, 5) is 10.5. The third kappa shape index (κ3) is 3.26. The molecule has 3 rings (SSSR count). The fourth-order valence-electron chi connectivity index (χ4n) is 2.83. The molecule has 0 aromatic heterocycles. The maximum absolute atomic E-state index is 10.9. The number of nitro benzene ring substituents is 1. The molecule has 2 aromatic rings. The van der Waals surface area contributed by atoms with Gasteiger partial charge in [-0.15, -0.1) is 0 Å². The van der Waals surface area contributed by atoms with Crippen LogP contribution < -0.4 is 10.1 Å². The largest absolute Gasteiger partial charge is 0.485 e. The van der Waals surface area contributed by atoms with Crippen LogP contribution in [0.5, 0.6) is 5.75 Å². The predicted molar refractivity (Wildman–Crippen MR) is 83.9 cm³/mol. The molecule has 1 fully saturated rings. The Kier molecular flexibility index (Phi) is 4.34. The fourth-order valence-corrected chi connectivity index (χ4v) is 2.83. The summed E-state index contributed by atoms with van der Waals surface area (Å²) < 4.78 is 6.13. The van der Waals surface area contributed by atoms with Gasteiger partial charge in [-0.2, -0.15) is 0 Å². The Labute approximate surface area is 129 Å². The molecule has 0 radical (unpaired) electrons. The molecule has 1 aliphatic heterocycles. The average Bonchev–Trinajstić information content (AvgIpc) is 3.08. The lowest BCUT2D eigenvalue weighted by atomic mass is 9.95. The SMILES string of the molecule is O=[N+]([O-])c1cccc(OC(c2ccccc2)[C@H]2CCNC2)c1. The molecular formula is C17H18N2O3. The van der Waals surface area contributed by atoms with E-state index < -0.39 is 4.92 Å². The summed E-state index contributed by atoms with van der Waals surface area (Å²) in [6.45, 7) is 1.88. The highest BCUT2D eigenvalue weighted by Crippen LogP contribution is 2.33. The smallest absolute Gasteiger partial charge is 0.273 e. The van der Waals surface area contributed by atoms with Crippen molar-refractivity contribution < 1.29 is 9.66 Å². The van der Waals surface area contributed by atoms with E-state index in [1.165, 1.54) is 12.1 Å². The van der Waals surface area contributed by atoms with Crippen molar-refractivity contribution in [3.05, 3.63) is 70.3 Å². The number of nitro groups is 1. The molecule has 1 saturated heterocycles. The van der Waals surface area contributed by atoms with Gasteiger partial charge in [0.25, 0.3) is 5.69 Å². The Bertz CT molecular complexity index is 639. The first-order valence-corrected chi connectivity index (χ1v) is 7.41. The van der Waals surface area contributed by atoms with Crippen LogP contribution in [0, 0.1) is 16.0 Å². The van der Waals surface area contributed by atoms with Crippen molar-refractivity contribution in [2.75, 3.05) is 13.1 Å². The topological polar surface area (TPSA) is 64.4 Å². The lowest BCUT2D eigenvalue weighted by molar-refractivity contribution is -0.385. The molecule has 0 saturated carbocycles. The van der Waals surface area contributed by atoms with Crippen molar-refractivity contribution in [1.29, 1.82) is 0 Å². The second-order valence-electron chi connectivity index (χ2n) is 5.46. The van der Waals surface area contributed by atoms with Gasteiger partial charge in [-0.25, -0.2) is 0 Å². The standard InChI is InChI=1S/C17H18N2O3/c20-19(21)15-7-4-8-16(11-15)22-17(14-9-10-18-12-14)13-5-2-1-3-6-13/h1-8,11,14,17-18H,9-10,12H2/t14-,17?/m0/s1. The molecular weight excluding hydrogens is 280 g/mol. The Morgan fingerprint density at radius 3 is 2.68 bits per heavy atom. The zero-order valence-corrected chi connectivity index (χ0v) is 12.1. The van der Waals surface area contributed by atoms with E-state index in [1.54, 1.807) is 12.1 Å². The first-order valence-electron chi connectivity index (χ1n) is 7.41. The molecule has 2 atom stereocenters. The molecule has 114 valence electrons. The van der Waals surface area contributed by atoms with Gasteiger partial charge in [-0.3, -0.25) is 10.1 Å². The minimum Gasteiger partial charge on any atom is -0.485 e. The minimum absolute atomic E-state index is 0.0499. The van der Waals surface area contributed by atoms with Crippen molar-refractivity contribution in [3.8, 4) is 5.75 Å². The summed E-state index contributed by atoms with van der Waals surface area (Å²) in [5.74, 6) is 0.900. The zero-order chi connectivity index (χ0) is 15.4. The van der Waals surface area contributed by atoms with E-state index in [-0.39, 0.29) is 11.8 Å². The molecule has 1 N–H and O–H groups in total. The number of ether oxygens (including phenoxy) is 1. The van der Waals surface area contributed by atoms with Gasteiger partial charge in [0.15, 0.2) is 0 Å². The van der Waals surface area contributed by atoms with Crippen LogP contribution in [0.2, 0.25) is 0 Å². The maximum atomic E-state index is 10.9. The van der Waals surface area contributed by atoms with Crippen molar-refractivity contribution in [3.63, 3.8) is 0 Å². The summed E-state index contributed by atoms with van der Waals surface area (Å²) in [7, 11) is 0. The molecule has 5 nitrogen and oxygen atoms in total. The maximum Gasteiger partial charge on any atom is 0.273 e. The Morgan fingerprint density at radius 2 is 2.00 bits per heavy atom. The summed E-state index contributed by atoms with van der Waals surface area (Å²) >= 11 is 0. The molecule has 1 unspecified atom stereocenters. The van der Waals surface area contributed by atoms with E-state index in [1.807, 2.05) is 30.3 Å². The summed E-state index contributed by atoms with van der Waals surface area (Å²) in [6.07, 6.45) is 0.937. The van der Waals surface area contributed by atoms with E-state index in [0.717, 1.165) is 25.1 Å². The molecule has 0 aliphatic carbocycles. The quantitative estimate of drug-likeness (QED) is 0.679. The number of nitrogens with one attached hydrogen (secondary N) is 1. The number of rotatable bonds is 5. The molecule has 1 heterocycles. The molecule has 0 spiro atoms. The van der Waals surface area contributed by atoms with Gasteiger partial charge >= 0.3 is 0 Å². The number of hydrogen-bond acceptors (Lipinski definition) is 4. The normalized spacial score (nSPS) is 18.8. The lowest BCUT2D eigenvalue weighted by Gasteiger charge is -2.24. The van der Waals surface area contributed by atoms with E-state index in [0.29, 0.717) is 11.7 Å². The third-order valence-corrected chi connectivity index (χ3v) is 3.95. The van der Waals surface area contributed by atoms with E-state index in [4.69, 9.17) is 4.74 Å². The number of benzene rings is 2. The number of hydrogen-bond donors (Lipinski definition) is 1. The highest BCUT2D eigenvalue weighted by molar-refractivity contribution is 5.38. The van der Waals surface area contributed by atoms with E-state index >= 15 is 0 Å². The van der Waals surface area contributed by atoms with Crippen molar-refractivity contribution in [1.82, 2.24) is 5.32 Å². The van der Waals surface area contributed by atoms with Gasteiger partial charge in [0, 0.05) is 18.5 Å². The van der Waals surface area contributed by atoms with Crippen LogP contribution in [0.3, 0.4) is 0 Å². The van der Waals surface area contributed by atoms with Crippen LogP contribution >= 0.6 is 0 Å². The molecule has 0 bridgehead atoms. The fraction of sp³-hybridized carbons (Fsp3) is 0.294. The van der Waals surface area contributed by atoms with Crippen LogP contribution in [0.15, 0.2) is 54.6 Å². The van der Waals surface area contributed by atoms with Crippen LogP contribution in [0.25, 0.3) is 0 Å². The van der Waals surface area contributed by atoms with Gasteiger partial charge in [-0.05, 0) is 24.6 Å². The summed E-state index contributed by atoms with van der Waals surface area (Å²) in [5.41, 5.74) is 1.15. The number of non-ortho nitro benzene ring substituents is 1. The van der Waals surface area contributed by atoms with Gasteiger partial charge in [-0.1, -0.05) is 36.4 Å². The monoisotopic (exact) mass is 298 g/mol. The number of nitrogens with zero attached hydrogens (tertiary/aromatic N) is 1. The van der Waals surface area contributed by atoms with Gasteiger partial charge < -0.3 is 10.1 Å². The minimum atomic E-state index is -0.401. The van der Waals surface area contributed by atoms with Crippen LogP contribution in [-0.4, -0.2) is 18.0 Å². The lowest BCUT2D eigenvalue weighted by Crippen LogP contribution is -2.21. The average molecular weight is 298 g/mol. The van der Waals surface area contributed by atoms with Gasteiger partial charge in [0.2, 0.25) is 0 Å². The second kappa shape index (κ2) is 6.58. The Hall–Kier alpha value is -2.40. The summed E-state index contributed by atoms with van der Waals surface area (Å²) in [6, 6.07) is 16.4. The Balaban J connectivity index is 1.86. The van der Waals surface area contributed by atoms with Crippen LogP contribution in [-0.2, 0) is 0 Å². The summed E-state index contributed by atoms with van der Waals surface area (Å²) in [5, 5.41) is 14.3. The van der Waals surface area contributed by atoms with Crippen molar-refractivity contribution in [2.24, 2.45) is 5.92 Å². The van der Waals surface area contributed by atoms with Crippen molar-refractivity contribution in [2.45, 2.75) is 12.5 Å². The molecule has 5 heteroatoms. The third-order valence-electron chi connectivity index (χ3n) is 3.95. The first-order chi connectivity index (χ1) is 10.7. The highest BCUT2D eigenvalue weighted by atomic mass is 16.6. The molecule has 2 aromatic carbocycles. The van der Waals surface area contributed by atoms with Gasteiger partial charge in [0.1, 0.15) is 11.9 Å².